The molecule has 1 N–H and O–H groups in total. The molecule has 0 spiro atoms. The second kappa shape index (κ2) is 5.56. The van der Waals surface area contributed by atoms with Crippen molar-refractivity contribution in [3.05, 3.63) is 35.4 Å². The first-order valence-corrected chi connectivity index (χ1v) is 6.36. The topological polar surface area (TPSA) is 50.7 Å². The molecule has 1 aliphatic rings. The number of esters is 1. The van der Waals surface area contributed by atoms with Crippen molar-refractivity contribution in [3.63, 3.8) is 0 Å². The van der Waals surface area contributed by atoms with Crippen LogP contribution in [-0.4, -0.2) is 30.5 Å². The van der Waals surface area contributed by atoms with Gasteiger partial charge in [0.15, 0.2) is 5.54 Å². The second-order valence-corrected chi connectivity index (χ2v) is 4.89. The van der Waals surface area contributed by atoms with E-state index in [0.29, 0.717) is 18.0 Å². The Bertz CT molecular complexity index is 540. The number of nitrogens with one attached hydrogen (secondary N) is 1. The third-order valence-electron chi connectivity index (χ3n) is 3.03. The lowest BCUT2D eigenvalue weighted by molar-refractivity contribution is -0.149. The number of benzene rings is 1. The van der Waals surface area contributed by atoms with Gasteiger partial charge in [-0.1, -0.05) is 0 Å². The fourth-order valence-corrected chi connectivity index (χ4v) is 2.06. The summed E-state index contributed by atoms with van der Waals surface area (Å²) in [5, 5.41) is 2.97. The molecule has 0 saturated carbocycles. The molecule has 1 aromatic carbocycles. The van der Waals surface area contributed by atoms with E-state index in [4.69, 9.17) is 4.74 Å². The number of hydrogen-bond acceptors (Lipinski definition) is 4. The zero-order valence-electron chi connectivity index (χ0n) is 11.4. The maximum Gasteiger partial charge on any atom is 0.333 e. The number of ether oxygens (including phenoxy) is 1. The molecule has 0 bridgehead atoms. The molecule has 6 heteroatoms. The molecule has 0 aliphatic carbocycles. The van der Waals surface area contributed by atoms with E-state index in [0.717, 1.165) is 6.07 Å². The molecule has 0 saturated heterocycles. The number of aliphatic imine (C=N–C) groups is 1. The summed E-state index contributed by atoms with van der Waals surface area (Å²) in [5.74, 6) is -1.13. The third kappa shape index (κ3) is 3.12. The van der Waals surface area contributed by atoms with E-state index in [-0.39, 0.29) is 18.9 Å². The van der Waals surface area contributed by atoms with E-state index in [9.17, 15) is 13.6 Å². The van der Waals surface area contributed by atoms with Gasteiger partial charge in [0.05, 0.1) is 13.2 Å². The number of rotatable bonds is 4. The molecule has 108 valence electrons. The number of amidine groups is 1. The summed E-state index contributed by atoms with van der Waals surface area (Å²) in [5.41, 5.74) is -0.445. The number of nitrogens with zero attached hydrogens (tertiary/aromatic N) is 1. The van der Waals surface area contributed by atoms with Crippen LogP contribution in [0.4, 0.5) is 8.78 Å². The molecule has 1 atom stereocenters. The number of hydrogen-bond donors (Lipinski definition) is 1. The normalized spacial score (nSPS) is 21.3. The van der Waals surface area contributed by atoms with Crippen molar-refractivity contribution in [2.45, 2.75) is 25.8 Å². The van der Waals surface area contributed by atoms with Crippen LogP contribution in [0.15, 0.2) is 23.2 Å². The van der Waals surface area contributed by atoms with Gasteiger partial charge in [-0.3, -0.25) is 4.99 Å². The first-order valence-electron chi connectivity index (χ1n) is 6.36. The van der Waals surface area contributed by atoms with Gasteiger partial charge in [0.25, 0.3) is 0 Å². The lowest BCUT2D eigenvalue weighted by atomic mass is 10.0. The Labute approximate surface area is 115 Å². The quantitative estimate of drug-likeness (QED) is 0.857. The lowest BCUT2D eigenvalue weighted by Crippen LogP contribution is -2.51. The molecule has 0 fully saturated rings. The molecule has 1 unspecified atom stereocenters. The molecule has 1 heterocycles. The van der Waals surface area contributed by atoms with Gasteiger partial charge < -0.3 is 10.1 Å². The Morgan fingerprint density at radius 3 is 2.65 bits per heavy atom. The summed E-state index contributed by atoms with van der Waals surface area (Å²) in [6.45, 7) is 3.96. The van der Waals surface area contributed by atoms with Gasteiger partial charge >= 0.3 is 5.97 Å². The minimum absolute atomic E-state index is 0.240. The Balaban J connectivity index is 2.04. The second-order valence-electron chi connectivity index (χ2n) is 4.89. The van der Waals surface area contributed by atoms with E-state index in [1.54, 1.807) is 13.8 Å². The molecule has 0 radical (unpaired) electrons. The van der Waals surface area contributed by atoms with Crippen LogP contribution in [0.25, 0.3) is 0 Å². The van der Waals surface area contributed by atoms with Gasteiger partial charge in [-0.05, 0) is 31.5 Å². The first kappa shape index (κ1) is 14.4. The summed E-state index contributed by atoms with van der Waals surface area (Å²) >= 11 is 0. The summed E-state index contributed by atoms with van der Waals surface area (Å²) in [7, 11) is 0. The summed E-state index contributed by atoms with van der Waals surface area (Å²) in [4.78, 5) is 16.0. The first-order chi connectivity index (χ1) is 9.43. The van der Waals surface area contributed by atoms with Gasteiger partial charge in [0.1, 0.15) is 17.5 Å². The minimum Gasteiger partial charge on any atom is -0.464 e. The van der Waals surface area contributed by atoms with Crippen molar-refractivity contribution in [2.75, 3.05) is 13.2 Å². The van der Waals surface area contributed by atoms with E-state index >= 15 is 0 Å². The highest BCUT2D eigenvalue weighted by atomic mass is 19.1. The van der Waals surface area contributed by atoms with Crippen LogP contribution in [0.5, 0.6) is 0 Å². The van der Waals surface area contributed by atoms with E-state index in [2.05, 4.69) is 10.3 Å². The summed E-state index contributed by atoms with van der Waals surface area (Å²) < 4.78 is 31.2. The van der Waals surface area contributed by atoms with Gasteiger partial charge in [-0.15, -0.1) is 0 Å². The molecule has 20 heavy (non-hydrogen) atoms. The Morgan fingerprint density at radius 2 is 2.05 bits per heavy atom. The Hall–Kier alpha value is -1.98. The maximum absolute atomic E-state index is 13.1. The molecular weight excluding hydrogens is 266 g/mol. The van der Waals surface area contributed by atoms with Crippen molar-refractivity contribution >= 4 is 11.8 Å². The van der Waals surface area contributed by atoms with E-state index in [1.165, 1.54) is 12.1 Å². The SMILES string of the molecule is CCOC(=O)C1(C)CN=C(Cc2cc(F)cc(F)c2)N1. The van der Waals surface area contributed by atoms with Crippen LogP contribution >= 0.6 is 0 Å². The van der Waals surface area contributed by atoms with Crippen molar-refractivity contribution in [1.82, 2.24) is 5.32 Å². The summed E-state index contributed by atoms with van der Waals surface area (Å²) in [6, 6.07) is 3.30. The Morgan fingerprint density at radius 1 is 1.40 bits per heavy atom. The lowest BCUT2D eigenvalue weighted by Gasteiger charge is -2.22. The molecule has 4 nitrogen and oxygen atoms in total. The smallest absolute Gasteiger partial charge is 0.333 e. The van der Waals surface area contributed by atoms with Crippen LogP contribution < -0.4 is 5.32 Å². The zero-order chi connectivity index (χ0) is 14.8. The summed E-state index contributed by atoms with van der Waals surface area (Å²) in [6.07, 6.45) is 0.240. The predicted octanol–water partition coefficient (Wildman–Crippen LogP) is 1.83. The number of carbonyl (C=O) groups is 1. The highest BCUT2D eigenvalue weighted by molar-refractivity contribution is 5.94. The predicted molar refractivity (Wildman–Crippen MR) is 70.5 cm³/mol. The van der Waals surface area contributed by atoms with Crippen LogP contribution in [0.1, 0.15) is 19.4 Å². The molecule has 0 aromatic heterocycles. The zero-order valence-corrected chi connectivity index (χ0v) is 11.4. The fourth-order valence-electron chi connectivity index (χ4n) is 2.06. The highest BCUT2D eigenvalue weighted by Gasteiger charge is 2.39. The van der Waals surface area contributed by atoms with Crippen molar-refractivity contribution in [1.29, 1.82) is 0 Å². The van der Waals surface area contributed by atoms with Gasteiger partial charge in [0.2, 0.25) is 0 Å². The van der Waals surface area contributed by atoms with Crippen LogP contribution in [0.2, 0.25) is 0 Å². The van der Waals surface area contributed by atoms with Crippen LogP contribution in [-0.2, 0) is 16.0 Å². The molecule has 1 aromatic rings. The average molecular weight is 282 g/mol. The van der Waals surface area contributed by atoms with Gasteiger partial charge in [-0.25, -0.2) is 13.6 Å². The van der Waals surface area contributed by atoms with E-state index < -0.39 is 17.2 Å². The van der Waals surface area contributed by atoms with Gasteiger partial charge in [-0.2, -0.15) is 0 Å². The van der Waals surface area contributed by atoms with Gasteiger partial charge in [0, 0.05) is 12.5 Å². The minimum atomic E-state index is -0.906. The standard InChI is InChI=1S/C14H16F2N2O2/c1-3-20-13(19)14(2)8-17-12(18-14)6-9-4-10(15)7-11(16)5-9/h4-5,7H,3,6,8H2,1-2H3,(H,17,18). The Kier molecular flexibility index (Phi) is 4.01. The largest absolute Gasteiger partial charge is 0.464 e. The van der Waals surface area contributed by atoms with Crippen molar-refractivity contribution < 1.29 is 18.3 Å². The average Bonchev–Trinajstić information content (AvgIpc) is 2.71. The van der Waals surface area contributed by atoms with Crippen molar-refractivity contribution in [3.8, 4) is 0 Å². The third-order valence-corrected chi connectivity index (χ3v) is 3.03. The molecule has 2 rings (SSSR count). The monoisotopic (exact) mass is 282 g/mol. The molecule has 1 aliphatic heterocycles. The van der Waals surface area contributed by atoms with Crippen LogP contribution in [0, 0.1) is 11.6 Å². The van der Waals surface area contributed by atoms with E-state index in [1.807, 2.05) is 0 Å². The number of carbonyl (C=O) groups excluding carboxylic acids is 1. The fraction of sp³-hybridized carbons (Fsp3) is 0.429. The van der Waals surface area contributed by atoms with Crippen molar-refractivity contribution in [2.24, 2.45) is 4.99 Å². The molecular formula is C14H16F2N2O2. The van der Waals surface area contributed by atoms with Crippen LogP contribution in [0.3, 0.4) is 0 Å². The molecule has 0 amide bonds. The maximum atomic E-state index is 13.1. The number of halogens is 2. The highest BCUT2D eigenvalue weighted by Crippen LogP contribution is 2.16.